The molecule has 1 amide bonds. The van der Waals surface area contributed by atoms with Gasteiger partial charge in [0.2, 0.25) is 5.91 Å². The van der Waals surface area contributed by atoms with Crippen molar-refractivity contribution in [3.8, 4) is 0 Å². The van der Waals surface area contributed by atoms with Crippen LogP contribution in [0.2, 0.25) is 5.02 Å². The number of nitrogens with one attached hydrogen (secondary N) is 1. The van der Waals surface area contributed by atoms with E-state index in [1.807, 2.05) is 31.2 Å². The van der Waals surface area contributed by atoms with Gasteiger partial charge in [0.05, 0.1) is 5.92 Å². The molecule has 0 saturated carbocycles. The number of anilines is 1. The molecule has 1 fully saturated rings. The number of carbonyl (C=O) groups is 1. The molecular formula is C19H21ClN2O. The molecular weight excluding hydrogens is 308 g/mol. The second-order valence-corrected chi connectivity index (χ2v) is 6.52. The molecule has 0 radical (unpaired) electrons. The lowest BCUT2D eigenvalue weighted by molar-refractivity contribution is -0.119. The van der Waals surface area contributed by atoms with Crippen LogP contribution in [0.15, 0.2) is 48.5 Å². The first-order valence-electron chi connectivity index (χ1n) is 7.96. The molecule has 2 aromatic carbocycles. The third-order valence-corrected chi connectivity index (χ3v) is 4.83. The third-order valence-electron chi connectivity index (χ3n) is 4.42. The summed E-state index contributed by atoms with van der Waals surface area (Å²) in [6.07, 6.45) is 0.901. The Morgan fingerprint density at radius 1 is 1.22 bits per heavy atom. The molecule has 1 saturated heterocycles. The summed E-state index contributed by atoms with van der Waals surface area (Å²) in [6.45, 7) is 4.59. The van der Waals surface area contributed by atoms with Gasteiger partial charge in [0.1, 0.15) is 0 Å². The van der Waals surface area contributed by atoms with Gasteiger partial charge in [0.15, 0.2) is 0 Å². The van der Waals surface area contributed by atoms with Gasteiger partial charge in [0, 0.05) is 23.8 Å². The van der Waals surface area contributed by atoms with Crippen molar-refractivity contribution >= 4 is 23.2 Å². The van der Waals surface area contributed by atoms with E-state index >= 15 is 0 Å². The number of likely N-dealkylation sites (tertiary alicyclic amines) is 1. The quantitative estimate of drug-likeness (QED) is 0.916. The Kier molecular flexibility index (Phi) is 4.99. The lowest BCUT2D eigenvalue weighted by Gasteiger charge is -2.16. The van der Waals surface area contributed by atoms with Crippen molar-refractivity contribution in [1.82, 2.24) is 4.90 Å². The van der Waals surface area contributed by atoms with Gasteiger partial charge in [0.25, 0.3) is 0 Å². The second kappa shape index (κ2) is 7.16. The van der Waals surface area contributed by atoms with E-state index in [9.17, 15) is 4.79 Å². The number of benzene rings is 2. The minimum atomic E-state index is 0.0390. The summed E-state index contributed by atoms with van der Waals surface area (Å²) >= 11 is 6.11. The first kappa shape index (κ1) is 16.0. The average molecular weight is 329 g/mol. The van der Waals surface area contributed by atoms with E-state index in [4.69, 9.17) is 11.6 Å². The van der Waals surface area contributed by atoms with Crippen molar-refractivity contribution in [3.63, 3.8) is 0 Å². The average Bonchev–Trinajstić information content (AvgIpc) is 3.01. The highest BCUT2D eigenvalue weighted by molar-refractivity contribution is 6.31. The number of rotatable bonds is 4. The highest BCUT2D eigenvalue weighted by atomic mass is 35.5. The molecule has 3 nitrogen and oxygen atoms in total. The summed E-state index contributed by atoms with van der Waals surface area (Å²) in [4.78, 5) is 14.8. The highest BCUT2D eigenvalue weighted by Gasteiger charge is 2.28. The maximum Gasteiger partial charge on any atom is 0.228 e. The molecule has 2 aromatic rings. The first-order valence-corrected chi connectivity index (χ1v) is 8.33. The van der Waals surface area contributed by atoms with Crippen molar-refractivity contribution in [2.45, 2.75) is 19.9 Å². The minimum Gasteiger partial charge on any atom is -0.326 e. The minimum absolute atomic E-state index is 0.0390. The van der Waals surface area contributed by atoms with Gasteiger partial charge in [-0.05, 0) is 43.1 Å². The number of hydrogen-bond donors (Lipinski definition) is 1. The lowest BCUT2D eigenvalue weighted by Crippen LogP contribution is -2.27. The number of carbonyl (C=O) groups excluding carboxylic acids is 1. The normalized spacial score (nSPS) is 18.1. The van der Waals surface area contributed by atoms with Gasteiger partial charge in [-0.2, -0.15) is 0 Å². The van der Waals surface area contributed by atoms with Gasteiger partial charge >= 0.3 is 0 Å². The van der Waals surface area contributed by atoms with E-state index in [1.54, 1.807) is 0 Å². The summed E-state index contributed by atoms with van der Waals surface area (Å²) in [7, 11) is 0. The summed E-state index contributed by atoms with van der Waals surface area (Å²) in [5.41, 5.74) is 3.02. The Hall–Kier alpha value is -1.84. The molecule has 1 heterocycles. The topological polar surface area (TPSA) is 32.3 Å². The molecule has 0 aliphatic carbocycles. The lowest BCUT2D eigenvalue weighted by atomic mass is 10.1. The van der Waals surface area contributed by atoms with Crippen LogP contribution in [0.3, 0.4) is 0 Å². The van der Waals surface area contributed by atoms with E-state index in [2.05, 4.69) is 34.5 Å². The fourth-order valence-electron chi connectivity index (χ4n) is 3.01. The highest BCUT2D eigenvalue weighted by Crippen LogP contribution is 2.25. The van der Waals surface area contributed by atoms with Crippen LogP contribution < -0.4 is 5.32 Å². The molecule has 1 atom stereocenters. The Labute approximate surface area is 142 Å². The predicted molar refractivity (Wildman–Crippen MR) is 94.6 cm³/mol. The molecule has 0 spiro atoms. The molecule has 120 valence electrons. The van der Waals surface area contributed by atoms with Crippen molar-refractivity contribution < 1.29 is 4.79 Å². The van der Waals surface area contributed by atoms with Crippen LogP contribution in [0.25, 0.3) is 0 Å². The molecule has 23 heavy (non-hydrogen) atoms. The number of halogens is 1. The van der Waals surface area contributed by atoms with Crippen LogP contribution in [0, 0.1) is 12.8 Å². The zero-order valence-corrected chi connectivity index (χ0v) is 14.0. The molecule has 1 aliphatic heterocycles. The molecule has 1 aliphatic rings. The number of hydrogen-bond acceptors (Lipinski definition) is 2. The van der Waals surface area contributed by atoms with Gasteiger partial charge in [-0.15, -0.1) is 0 Å². The molecule has 1 unspecified atom stereocenters. The smallest absolute Gasteiger partial charge is 0.228 e. The molecule has 3 rings (SSSR count). The van der Waals surface area contributed by atoms with Crippen LogP contribution >= 0.6 is 11.6 Å². The van der Waals surface area contributed by atoms with Crippen LogP contribution in [0.1, 0.15) is 17.5 Å². The maximum atomic E-state index is 12.5. The maximum absolute atomic E-state index is 12.5. The Balaban J connectivity index is 1.58. The monoisotopic (exact) mass is 328 g/mol. The fraction of sp³-hybridized carbons (Fsp3) is 0.316. The van der Waals surface area contributed by atoms with Crippen molar-refractivity contribution in [1.29, 1.82) is 0 Å². The first-order chi connectivity index (χ1) is 11.1. The van der Waals surface area contributed by atoms with E-state index < -0.39 is 0 Å². The SMILES string of the molecule is Cc1c(Cl)cccc1NC(=O)C1CCN(Cc2ccccc2)C1. The van der Waals surface area contributed by atoms with Gasteiger partial charge in [-0.3, -0.25) is 9.69 Å². The van der Waals surface area contributed by atoms with Gasteiger partial charge < -0.3 is 5.32 Å². The molecule has 4 heteroatoms. The zero-order valence-electron chi connectivity index (χ0n) is 13.3. The Morgan fingerprint density at radius 2 is 2.00 bits per heavy atom. The predicted octanol–water partition coefficient (Wildman–Crippen LogP) is 4.11. The van der Waals surface area contributed by atoms with Crippen LogP contribution in [0.4, 0.5) is 5.69 Å². The van der Waals surface area contributed by atoms with Crippen molar-refractivity contribution in [2.24, 2.45) is 5.92 Å². The zero-order chi connectivity index (χ0) is 16.2. The molecule has 0 bridgehead atoms. The van der Waals surface area contributed by atoms with Gasteiger partial charge in [-0.1, -0.05) is 48.0 Å². The standard InChI is InChI=1S/C19H21ClN2O/c1-14-17(20)8-5-9-18(14)21-19(23)16-10-11-22(13-16)12-15-6-3-2-4-7-15/h2-9,16H,10-13H2,1H3,(H,21,23). The summed E-state index contributed by atoms with van der Waals surface area (Å²) in [5, 5.41) is 3.71. The summed E-state index contributed by atoms with van der Waals surface area (Å²) in [6, 6.07) is 16.0. The fourth-order valence-corrected chi connectivity index (χ4v) is 3.18. The molecule has 1 N–H and O–H groups in total. The Bertz CT molecular complexity index is 687. The van der Waals surface area contributed by atoms with E-state index in [0.29, 0.717) is 5.02 Å². The largest absolute Gasteiger partial charge is 0.326 e. The Morgan fingerprint density at radius 3 is 2.78 bits per heavy atom. The van der Waals surface area contributed by atoms with Crippen LogP contribution in [-0.2, 0) is 11.3 Å². The summed E-state index contributed by atoms with van der Waals surface area (Å²) in [5.74, 6) is 0.128. The van der Waals surface area contributed by atoms with E-state index in [1.165, 1.54) is 5.56 Å². The number of nitrogens with zero attached hydrogens (tertiary/aromatic N) is 1. The van der Waals surface area contributed by atoms with E-state index in [0.717, 1.165) is 37.3 Å². The van der Waals surface area contributed by atoms with E-state index in [-0.39, 0.29) is 11.8 Å². The van der Waals surface area contributed by atoms with Crippen LogP contribution in [-0.4, -0.2) is 23.9 Å². The summed E-state index contributed by atoms with van der Waals surface area (Å²) < 4.78 is 0. The number of amides is 1. The van der Waals surface area contributed by atoms with Crippen molar-refractivity contribution in [3.05, 3.63) is 64.7 Å². The van der Waals surface area contributed by atoms with Crippen molar-refractivity contribution in [2.75, 3.05) is 18.4 Å². The third kappa shape index (κ3) is 3.92. The van der Waals surface area contributed by atoms with Crippen LogP contribution in [0.5, 0.6) is 0 Å². The van der Waals surface area contributed by atoms with Gasteiger partial charge in [-0.25, -0.2) is 0 Å². The second-order valence-electron chi connectivity index (χ2n) is 6.11. The molecule has 0 aromatic heterocycles.